The van der Waals surface area contributed by atoms with Crippen LogP contribution in [0.4, 0.5) is 13.2 Å². The smallest absolute Gasteiger partial charge is 0.340 e. The molecule has 2 fully saturated rings. The van der Waals surface area contributed by atoms with Gasteiger partial charge in [0.25, 0.3) is 0 Å². The van der Waals surface area contributed by atoms with Gasteiger partial charge < -0.3 is 20.4 Å². The van der Waals surface area contributed by atoms with Gasteiger partial charge in [-0.1, -0.05) is 60.2 Å². The molecule has 1 saturated heterocycles. The molecule has 10 heteroatoms. The summed E-state index contributed by atoms with van der Waals surface area (Å²) in [6, 6.07) is 15.7. The van der Waals surface area contributed by atoms with E-state index in [1.165, 1.54) is 0 Å². The van der Waals surface area contributed by atoms with Gasteiger partial charge in [-0.2, -0.15) is 13.2 Å². The molecule has 1 aliphatic heterocycles. The van der Waals surface area contributed by atoms with Crippen molar-refractivity contribution < 1.29 is 27.6 Å². The summed E-state index contributed by atoms with van der Waals surface area (Å²) in [6.45, 7) is 3.68. The summed E-state index contributed by atoms with van der Waals surface area (Å²) < 4.78 is 40.6. The lowest BCUT2D eigenvalue weighted by molar-refractivity contribution is -0.186. The Morgan fingerprint density at radius 1 is 1.10 bits per heavy atom. The third-order valence-corrected chi connectivity index (χ3v) is 8.11. The molecule has 0 spiro atoms. The molecule has 1 saturated carbocycles. The monoisotopic (exact) mass is 558 g/mol. The van der Waals surface area contributed by atoms with E-state index < -0.39 is 29.7 Å². The molecule has 1 heterocycles. The highest BCUT2D eigenvalue weighted by Crippen LogP contribution is 2.53. The lowest BCUT2D eigenvalue weighted by atomic mass is 10.0. The Bertz CT molecular complexity index is 1200. The fourth-order valence-corrected chi connectivity index (χ4v) is 5.52. The highest BCUT2D eigenvalue weighted by molar-refractivity contribution is 5.97. The maximum atomic E-state index is 14.1. The first kappa shape index (κ1) is 29.6. The zero-order chi connectivity index (χ0) is 29.1. The van der Waals surface area contributed by atoms with Crippen molar-refractivity contribution in [3.8, 4) is 0 Å². The lowest BCUT2D eigenvalue weighted by Crippen LogP contribution is -2.57. The van der Waals surface area contributed by atoms with Gasteiger partial charge >= 0.3 is 12.1 Å². The number of amides is 3. The molecule has 0 radical (unpaired) electrons. The second-order valence-electron chi connectivity index (χ2n) is 10.9. The van der Waals surface area contributed by atoms with Crippen LogP contribution in [0.5, 0.6) is 0 Å². The second kappa shape index (κ2) is 12.0. The Hall–Kier alpha value is -3.40. The number of hydrogen-bond donors (Lipinski definition) is 2. The van der Waals surface area contributed by atoms with Crippen LogP contribution in [-0.4, -0.2) is 78.0 Å². The number of carbonyl (C=O) groups is 3. The van der Waals surface area contributed by atoms with E-state index >= 15 is 0 Å². The van der Waals surface area contributed by atoms with Crippen LogP contribution in [-0.2, 0) is 20.8 Å². The molecular formula is C30H37F3N4O3. The van der Waals surface area contributed by atoms with E-state index in [1.54, 1.807) is 43.1 Å². The van der Waals surface area contributed by atoms with Crippen LogP contribution in [0.1, 0.15) is 48.8 Å². The fraction of sp³-hybridized carbons (Fsp3) is 0.500. The molecule has 0 bridgehead atoms. The molecule has 7 nitrogen and oxygen atoms in total. The first-order chi connectivity index (χ1) is 19.0. The summed E-state index contributed by atoms with van der Waals surface area (Å²) >= 11 is 0. The molecule has 1 unspecified atom stereocenters. The van der Waals surface area contributed by atoms with Crippen molar-refractivity contribution in [2.75, 3.05) is 26.7 Å². The number of halogens is 3. The summed E-state index contributed by atoms with van der Waals surface area (Å²) in [5.74, 6) is -2.78. The molecule has 1 aliphatic carbocycles. The maximum absolute atomic E-state index is 14.1. The quantitative estimate of drug-likeness (QED) is 0.467. The molecule has 0 aromatic heterocycles. The van der Waals surface area contributed by atoms with Crippen LogP contribution in [0.25, 0.3) is 0 Å². The second-order valence-corrected chi connectivity index (χ2v) is 10.9. The van der Waals surface area contributed by atoms with Crippen molar-refractivity contribution in [1.82, 2.24) is 20.4 Å². The van der Waals surface area contributed by atoms with Gasteiger partial charge in [0, 0.05) is 31.6 Å². The zero-order valence-electron chi connectivity index (χ0n) is 23.1. The van der Waals surface area contributed by atoms with Crippen molar-refractivity contribution in [3.05, 3.63) is 71.3 Å². The summed E-state index contributed by atoms with van der Waals surface area (Å²) in [4.78, 5) is 41.9. The highest BCUT2D eigenvalue weighted by Gasteiger charge is 2.64. The Labute approximate surface area is 233 Å². The Balaban J connectivity index is 1.56. The standard InChI is InChI=1S/C30H37F3N4O3/c1-20-11-13-23(14-12-20)25-18-29(25,35-26(38)21(2)34-3)27(39)37-16-7-10-24(37)19-36(28(40)30(31,32)33)17-15-22-8-5-4-6-9-22/h4-6,8-9,11-14,21,24-25,34H,7,10,15-19H2,1-3H3,(H,35,38)/t21-,24-,25-,29?/m0/s1. The van der Waals surface area contributed by atoms with E-state index in [9.17, 15) is 27.6 Å². The lowest BCUT2D eigenvalue weighted by Gasteiger charge is -2.34. The largest absolute Gasteiger partial charge is 0.471 e. The van der Waals surface area contributed by atoms with Crippen molar-refractivity contribution in [3.63, 3.8) is 0 Å². The van der Waals surface area contributed by atoms with Gasteiger partial charge in [-0.3, -0.25) is 14.4 Å². The van der Waals surface area contributed by atoms with Crippen LogP contribution < -0.4 is 10.6 Å². The molecule has 4 rings (SSSR count). The summed E-state index contributed by atoms with van der Waals surface area (Å²) in [7, 11) is 1.65. The summed E-state index contributed by atoms with van der Waals surface area (Å²) in [5.41, 5.74) is 1.63. The number of carbonyl (C=O) groups excluding carboxylic acids is 3. The average molecular weight is 559 g/mol. The van der Waals surface area contributed by atoms with Gasteiger partial charge in [0.1, 0.15) is 5.54 Å². The zero-order valence-corrected chi connectivity index (χ0v) is 23.1. The highest BCUT2D eigenvalue weighted by atomic mass is 19.4. The number of likely N-dealkylation sites (N-methyl/N-ethyl adjacent to an activating group) is 1. The number of likely N-dealkylation sites (tertiary alicyclic amines) is 1. The van der Waals surface area contributed by atoms with Crippen LogP contribution in [0.15, 0.2) is 54.6 Å². The van der Waals surface area contributed by atoms with Crippen molar-refractivity contribution in [2.24, 2.45) is 0 Å². The molecule has 2 aromatic rings. The van der Waals surface area contributed by atoms with Crippen LogP contribution >= 0.6 is 0 Å². The van der Waals surface area contributed by atoms with E-state index in [1.807, 2.05) is 37.3 Å². The molecular weight excluding hydrogens is 521 g/mol. The molecule has 4 atom stereocenters. The third kappa shape index (κ3) is 6.49. The van der Waals surface area contributed by atoms with Gasteiger partial charge in [0.15, 0.2) is 0 Å². The number of aryl methyl sites for hydroxylation is 1. The number of nitrogens with one attached hydrogen (secondary N) is 2. The molecule has 3 amide bonds. The van der Waals surface area contributed by atoms with Gasteiger partial charge in [-0.05, 0) is 57.7 Å². The SMILES string of the molecule is CN[C@@H](C)C(=O)NC1(C(=O)N2CCC[C@H]2CN(CCc2ccccc2)C(=O)C(F)(F)F)C[C@H]1c1ccc(C)cc1. The van der Waals surface area contributed by atoms with Gasteiger partial charge in [-0.25, -0.2) is 0 Å². The third-order valence-electron chi connectivity index (χ3n) is 8.11. The minimum absolute atomic E-state index is 0.117. The van der Waals surface area contributed by atoms with E-state index in [2.05, 4.69) is 10.6 Å². The van der Waals surface area contributed by atoms with E-state index in [4.69, 9.17) is 0 Å². The van der Waals surface area contributed by atoms with Crippen LogP contribution in [0, 0.1) is 6.92 Å². The average Bonchev–Trinajstić information content (AvgIpc) is 3.47. The van der Waals surface area contributed by atoms with Crippen LogP contribution in [0.2, 0.25) is 0 Å². The molecule has 40 heavy (non-hydrogen) atoms. The van der Waals surface area contributed by atoms with Crippen molar-refractivity contribution in [1.29, 1.82) is 0 Å². The van der Waals surface area contributed by atoms with Crippen LogP contribution in [0.3, 0.4) is 0 Å². The summed E-state index contributed by atoms with van der Waals surface area (Å²) in [6.07, 6.45) is -3.27. The molecule has 2 N–H and O–H groups in total. The van der Waals surface area contributed by atoms with Gasteiger partial charge in [0.05, 0.1) is 6.04 Å². The number of rotatable bonds is 10. The number of benzene rings is 2. The first-order valence-corrected chi connectivity index (χ1v) is 13.7. The number of nitrogens with zero attached hydrogens (tertiary/aromatic N) is 2. The summed E-state index contributed by atoms with van der Waals surface area (Å²) in [5, 5.41) is 5.86. The minimum atomic E-state index is -5.02. The topological polar surface area (TPSA) is 81.8 Å². The Kier molecular flexibility index (Phi) is 8.87. The first-order valence-electron chi connectivity index (χ1n) is 13.7. The molecule has 2 aromatic carbocycles. The molecule has 2 aliphatic rings. The van der Waals surface area contributed by atoms with Gasteiger partial charge in [0.2, 0.25) is 11.8 Å². The van der Waals surface area contributed by atoms with Crippen molar-refractivity contribution in [2.45, 2.75) is 69.2 Å². The van der Waals surface area contributed by atoms with E-state index in [-0.39, 0.29) is 37.2 Å². The predicted molar refractivity (Wildman–Crippen MR) is 145 cm³/mol. The Morgan fingerprint density at radius 2 is 1.77 bits per heavy atom. The van der Waals surface area contributed by atoms with E-state index in [0.717, 1.165) is 21.6 Å². The predicted octanol–water partition coefficient (Wildman–Crippen LogP) is 3.57. The van der Waals surface area contributed by atoms with Crippen molar-refractivity contribution >= 4 is 17.7 Å². The number of hydrogen-bond acceptors (Lipinski definition) is 4. The maximum Gasteiger partial charge on any atom is 0.471 e. The fourth-order valence-electron chi connectivity index (χ4n) is 5.52. The number of alkyl halides is 3. The van der Waals surface area contributed by atoms with Gasteiger partial charge in [-0.15, -0.1) is 0 Å². The minimum Gasteiger partial charge on any atom is -0.340 e. The molecule has 216 valence electrons. The normalized spacial score (nSPS) is 23.0. The Morgan fingerprint density at radius 3 is 2.40 bits per heavy atom. The van der Waals surface area contributed by atoms with E-state index in [0.29, 0.717) is 25.8 Å².